The van der Waals surface area contributed by atoms with Gasteiger partial charge in [-0.2, -0.15) is 0 Å². The molecular weight excluding hydrogens is 636 g/mol. The third-order valence-corrected chi connectivity index (χ3v) is 8.21. The Balaban J connectivity index is 4.41. The molecule has 0 aliphatic heterocycles. The van der Waals surface area contributed by atoms with Gasteiger partial charge in [-0.05, 0) is 77.0 Å². The molecule has 290 valence electrons. The van der Waals surface area contributed by atoms with Gasteiger partial charge in [-0.25, -0.2) is 0 Å². The number of allylic oxidation sites excluding steroid dienone is 12. The minimum atomic E-state index is -0.812. The average Bonchev–Trinajstić information content (AvgIpc) is 3.12. The predicted octanol–water partition coefficient (Wildman–Crippen LogP) is 12.7. The molecule has 1 atom stereocenters. The average molecular weight is 711 g/mol. The van der Waals surface area contributed by atoms with E-state index in [1.807, 2.05) is 12.2 Å². The number of unbranched alkanes of at least 4 members (excludes halogenated alkanes) is 12. The Morgan fingerprint density at radius 2 is 0.804 bits per heavy atom. The first-order valence-electron chi connectivity index (χ1n) is 20.4. The van der Waals surface area contributed by atoms with Crippen molar-refractivity contribution in [3.05, 3.63) is 72.9 Å². The number of rotatable bonds is 35. The molecule has 0 aromatic rings. The van der Waals surface area contributed by atoms with Crippen LogP contribution in [0.2, 0.25) is 0 Å². The van der Waals surface area contributed by atoms with Gasteiger partial charge in [0.15, 0.2) is 6.10 Å². The van der Waals surface area contributed by atoms with Crippen LogP contribution < -0.4 is 0 Å². The highest BCUT2D eigenvalue weighted by Crippen LogP contribution is 2.11. The monoisotopic (exact) mass is 711 g/mol. The summed E-state index contributed by atoms with van der Waals surface area (Å²) in [6, 6.07) is 0. The van der Waals surface area contributed by atoms with Gasteiger partial charge in [0.05, 0.1) is 0 Å². The lowest BCUT2D eigenvalue weighted by molar-refractivity contribution is -0.166. The van der Waals surface area contributed by atoms with Crippen molar-refractivity contribution in [3.63, 3.8) is 0 Å². The molecule has 0 amide bonds. The van der Waals surface area contributed by atoms with Crippen molar-refractivity contribution in [2.75, 3.05) is 13.2 Å². The lowest BCUT2D eigenvalue weighted by Crippen LogP contribution is -2.30. The second-order valence-electron chi connectivity index (χ2n) is 13.2. The van der Waals surface area contributed by atoms with E-state index in [0.29, 0.717) is 19.3 Å². The van der Waals surface area contributed by atoms with Crippen molar-refractivity contribution in [1.82, 2.24) is 0 Å². The van der Waals surface area contributed by atoms with Gasteiger partial charge < -0.3 is 14.2 Å². The first-order chi connectivity index (χ1) is 25.0. The minimum Gasteiger partial charge on any atom is -0.462 e. The minimum absolute atomic E-state index is 0.111. The summed E-state index contributed by atoms with van der Waals surface area (Å²) in [5.74, 6) is -1.03. The maximum atomic E-state index is 12.6. The van der Waals surface area contributed by atoms with Crippen LogP contribution in [-0.4, -0.2) is 37.2 Å². The number of hydrogen-bond acceptors (Lipinski definition) is 6. The maximum absolute atomic E-state index is 12.6. The van der Waals surface area contributed by atoms with Crippen molar-refractivity contribution in [1.29, 1.82) is 0 Å². The molecule has 0 bridgehead atoms. The van der Waals surface area contributed by atoms with Crippen LogP contribution in [0.3, 0.4) is 0 Å². The summed E-state index contributed by atoms with van der Waals surface area (Å²) in [6.45, 7) is 6.30. The van der Waals surface area contributed by atoms with Crippen molar-refractivity contribution in [2.45, 2.75) is 181 Å². The molecule has 1 unspecified atom stereocenters. The molecular formula is C45H74O6. The van der Waals surface area contributed by atoms with E-state index in [1.165, 1.54) is 25.7 Å². The van der Waals surface area contributed by atoms with Crippen molar-refractivity contribution in [2.24, 2.45) is 0 Å². The molecule has 0 rings (SSSR count). The van der Waals surface area contributed by atoms with Crippen LogP contribution in [-0.2, 0) is 28.6 Å². The zero-order valence-electron chi connectivity index (χ0n) is 32.8. The van der Waals surface area contributed by atoms with Crippen LogP contribution in [0.25, 0.3) is 0 Å². The molecule has 0 saturated carbocycles. The SMILES string of the molecule is CC/C=C\C/C=C\C/C=C\C/C=C\CCC(=O)OC(COC(=O)CCCCCCC)COC(=O)CCCCCCC/C=C\C/C=C\CCCCC. The van der Waals surface area contributed by atoms with Gasteiger partial charge in [0.25, 0.3) is 0 Å². The fraction of sp³-hybridized carbons (Fsp3) is 0.667. The van der Waals surface area contributed by atoms with Gasteiger partial charge in [-0.1, -0.05) is 151 Å². The molecule has 0 N–H and O–H groups in total. The molecule has 6 heteroatoms. The summed E-state index contributed by atoms with van der Waals surface area (Å²) in [7, 11) is 0. The summed E-state index contributed by atoms with van der Waals surface area (Å²) in [4.78, 5) is 37.3. The predicted molar refractivity (Wildman–Crippen MR) is 214 cm³/mol. The fourth-order valence-corrected chi connectivity index (χ4v) is 5.13. The Morgan fingerprint density at radius 1 is 0.412 bits per heavy atom. The molecule has 0 fully saturated rings. The molecule has 0 aliphatic rings. The summed E-state index contributed by atoms with van der Waals surface area (Å²) >= 11 is 0. The first-order valence-corrected chi connectivity index (χ1v) is 20.4. The number of carbonyl (C=O) groups is 3. The maximum Gasteiger partial charge on any atom is 0.306 e. The molecule has 6 nitrogen and oxygen atoms in total. The van der Waals surface area contributed by atoms with Crippen molar-refractivity contribution >= 4 is 17.9 Å². The molecule has 0 aromatic carbocycles. The number of carbonyl (C=O) groups excluding carboxylic acids is 3. The van der Waals surface area contributed by atoms with Crippen molar-refractivity contribution in [3.8, 4) is 0 Å². The van der Waals surface area contributed by atoms with Crippen LogP contribution in [0.15, 0.2) is 72.9 Å². The van der Waals surface area contributed by atoms with Gasteiger partial charge in [0.2, 0.25) is 0 Å². The van der Waals surface area contributed by atoms with Gasteiger partial charge in [0.1, 0.15) is 13.2 Å². The fourth-order valence-electron chi connectivity index (χ4n) is 5.13. The molecule has 0 aromatic heterocycles. The third kappa shape index (κ3) is 37.9. The second-order valence-corrected chi connectivity index (χ2v) is 13.2. The van der Waals surface area contributed by atoms with E-state index >= 15 is 0 Å². The van der Waals surface area contributed by atoms with E-state index in [0.717, 1.165) is 103 Å². The molecule has 0 saturated heterocycles. The van der Waals surface area contributed by atoms with E-state index in [-0.39, 0.29) is 31.6 Å². The first kappa shape index (κ1) is 47.8. The van der Waals surface area contributed by atoms with E-state index in [1.54, 1.807) is 0 Å². The lowest BCUT2D eigenvalue weighted by atomic mass is 10.1. The summed E-state index contributed by atoms with van der Waals surface area (Å²) in [5, 5.41) is 0. The van der Waals surface area contributed by atoms with Crippen LogP contribution in [0, 0.1) is 0 Å². The van der Waals surface area contributed by atoms with E-state index in [9.17, 15) is 14.4 Å². The second kappa shape index (κ2) is 39.6. The third-order valence-electron chi connectivity index (χ3n) is 8.21. The highest BCUT2D eigenvalue weighted by atomic mass is 16.6. The van der Waals surface area contributed by atoms with Crippen LogP contribution >= 0.6 is 0 Å². The zero-order valence-corrected chi connectivity index (χ0v) is 32.8. The normalized spacial score (nSPS) is 12.8. The van der Waals surface area contributed by atoms with E-state index in [4.69, 9.17) is 14.2 Å². The Kier molecular flexibility index (Phi) is 37.2. The van der Waals surface area contributed by atoms with Crippen LogP contribution in [0.1, 0.15) is 175 Å². The highest BCUT2D eigenvalue weighted by molar-refractivity contribution is 5.71. The van der Waals surface area contributed by atoms with Gasteiger partial charge in [-0.15, -0.1) is 0 Å². The Morgan fingerprint density at radius 3 is 1.31 bits per heavy atom. The number of hydrogen-bond donors (Lipinski definition) is 0. The van der Waals surface area contributed by atoms with Gasteiger partial charge in [0, 0.05) is 19.3 Å². The standard InChI is InChI=1S/C45H74O6/c1-4-7-10-13-15-17-19-21-22-24-25-27-29-32-35-38-44(47)50-41-42(40-49-43(46)37-34-31-12-9-6-3)51-45(48)39-36-33-30-28-26-23-20-18-16-14-11-8-5-2/h8,11,15-18,21-23,26,30,33,42H,4-7,9-10,12-14,19-20,24-25,27-29,31-32,34-41H2,1-3H3/b11-8-,17-15-,18-16-,22-21-,26-23-,33-30-. The summed E-state index contributed by atoms with van der Waals surface area (Å²) in [6.07, 6.45) is 47.8. The molecule has 0 heterocycles. The number of ether oxygens (including phenoxy) is 3. The van der Waals surface area contributed by atoms with Crippen molar-refractivity contribution < 1.29 is 28.6 Å². The Bertz CT molecular complexity index is 1000. The molecule has 51 heavy (non-hydrogen) atoms. The largest absolute Gasteiger partial charge is 0.462 e. The van der Waals surface area contributed by atoms with Crippen LogP contribution in [0.5, 0.6) is 0 Å². The molecule has 0 spiro atoms. The topological polar surface area (TPSA) is 78.9 Å². The zero-order chi connectivity index (χ0) is 37.3. The molecule has 0 aliphatic carbocycles. The molecule has 0 radical (unpaired) electrons. The van der Waals surface area contributed by atoms with Gasteiger partial charge in [-0.3, -0.25) is 14.4 Å². The Labute approximate surface area is 312 Å². The quantitative estimate of drug-likeness (QED) is 0.0282. The summed E-state index contributed by atoms with van der Waals surface area (Å²) < 4.78 is 16.4. The number of esters is 3. The van der Waals surface area contributed by atoms with E-state index in [2.05, 4.69) is 81.5 Å². The highest BCUT2D eigenvalue weighted by Gasteiger charge is 2.19. The van der Waals surface area contributed by atoms with E-state index < -0.39 is 12.1 Å². The lowest BCUT2D eigenvalue weighted by Gasteiger charge is -2.18. The van der Waals surface area contributed by atoms with Gasteiger partial charge >= 0.3 is 17.9 Å². The Hall–Kier alpha value is -3.15. The van der Waals surface area contributed by atoms with Crippen LogP contribution in [0.4, 0.5) is 0 Å². The smallest absolute Gasteiger partial charge is 0.306 e. The summed E-state index contributed by atoms with van der Waals surface area (Å²) in [5.41, 5.74) is 0.